The van der Waals surface area contributed by atoms with Gasteiger partial charge in [-0.25, -0.2) is 4.98 Å². The van der Waals surface area contributed by atoms with E-state index in [0.717, 1.165) is 39.7 Å². The highest BCUT2D eigenvalue weighted by Gasteiger charge is 2.27. The number of carbonyl (C=O) groups is 1. The lowest BCUT2D eigenvalue weighted by Gasteiger charge is -2.36. The normalized spacial score (nSPS) is 23.3. The smallest absolute Gasteiger partial charge is 0.258 e. The molecule has 6 rings (SSSR count). The van der Waals surface area contributed by atoms with Gasteiger partial charge in [-0.1, -0.05) is 48.2 Å². The highest BCUT2D eigenvalue weighted by Crippen LogP contribution is 2.35. The van der Waals surface area contributed by atoms with Crippen LogP contribution in [0, 0.1) is 11.8 Å². The molecule has 4 heterocycles. The number of likely N-dealkylation sites (tertiary alicyclic amines) is 1. The van der Waals surface area contributed by atoms with Gasteiger partial charge in [0, 0.05) is 13.1 Å². The Hall–Kier alpha value is -2.57. The molecule has 35 heavy (non-hydrogen) atoms. The Balaban J connectivity index is 0.936. The maximum absolute atomic E-state index is 12.9. The van der Waals surface area contributed by atoms with Crippen LogP contribution in [0.2, 0.25) is 0 Å². The number of nitrogens with zero attached hydrogens (tertiary/aromatic N) is 3. The minimum atomic E-state index is 0.0443. The second kappa shape index (κ2) is 10.2. The number of imidazole rings is 1. The molecular weight excluding hydrogens is 452 g/mol. The molecule has 5 nitrogen and oxygen atoms in total. The lowest BCUT2D eigenvalue weighted by molar-refractivity contribution is -0.117. The second-order valence-corrected chi connectivity index (χ2v) is 11.5. The Bertz CT molecular complexity index is 1200. The summed E-state index contributed by atoms with van der Waals surface area (Å²) in [6.07, 6.45) is 11.4. The zero-order valence-corrected chi connectivity index (χ0v) is 21.1. The van der Waals surface area contributed by atoms with E-state index in [9.17, 15) is 4.79 Å². The van der Waals surface area contributed by atoms with Crippen molar-refractivity contribution in [1.29, 1.82) is 0 Å². The summed E-state index contributed by atoms with van der Waals surface area (Å²) >= 11 is 1.53. The lowest BCUT2D eigenvalue weighted by atomic mass is 9.81. The minimum absolute atomic E-state index is 0.0443. The van der Waals surface area contributed by atoms with Gasteiger partial charge in [0.1, 0.15) is 5.65 Å². The minimum Gasteiger partial charge on any atom is -0.351 e. The number of piperidine rings is 1. The van der Waals surface area contributed by atoms with Crippen LogP contribution in [0.15, 0.2) is 64.7 Å². The number of rotatable bonds is 6. The van der Waals surface area contributed by atoms with Crippen molar-refractivity contribution in [3.8, 4) is 0 Å². The van der Waals surface area contributed by atoms with E-state index >= 15 is 0 Å². The van der Waals surface area contributed by atoms with E-state index in [-0.39, 0.29) is 5.91 Å². The van der Waals surface area contributed by atoms with E-state index in [1.165, 1.54) is 75.5 Å². The van der Waals surface area contributed by atoms with E-state index in [1.807, 2.05) is 24.4 Å². The van der Waals surface area contributed by atoms with Gasteiger partial charge < -0.3 is 10.2 Å². The van der Waals surface area contributed by atoms with Crippen molar-refractivity contribution in [2.45, 2.75) is 49.5 Å². The number of carbonyl (C=O) groups excluding carboxylic acids is 1. The van der Waals surface area contributed by atoms with Gasteiger partial charge in [0.05, 0.1) is 21.8 Å². The molecule has 0 unspecified atom stereocenters. The van der Waals surface area contributed by atoms with Crippen molar-refractivity contribution in [2.24, 2.45) is 11.8 Å². The van der Waals surface area contributed by atoms with Gasteiger partial charge in [-0.15, -0.1) is 0 Å². The fourth-order valence-electron chi connectivity index (χ4n) is 6.08. The molecule has 0 radical (unpaired) electrons. The molecule has 2 aliphatic heterocycles. The predicted molar refractivity (Wildman–Crippen MR) is 142 cm³/mol. The first-order valence-electron chi connectivity index (χ1n) is 13.1. The van der Waals surface area contributed by atoms with E-state index in [4.69, 9.17) is 0 Å². The molecule has 6 heteroatoms. The number of amides is 1. The standard InChI is InChI=1S/C29H34N4OS/c34-29(26-17-25-19-30-27-7-4-8-28(35-26)33(25)27)31-18-21-9-11-22(12-10-21)20-32-15-13-24(14-16-32)23-5-2-1-3-6-23/h1-8,17,19,21-22,24H,9-16,18,20H2,(H,31,34)/t21-,22-. The molecule has 0 atom stereocenters. The highest BCUT2D eigenvalue weighted by molar-refractivity contribution is 8.04. The van der Waals surface area contributed by atoms with Crippen LogP contribution in [0.5, 0.6) is 0 Å². The first-order valence-corrected chi connectivity index (χ1v) is 14.0. The van der Waals surface area contributed by atoms with Crippen molar-refractivity contribution >= 4 is 29.4 Å². The lowest BCUT2D eigenvalue weighted by Crippen LogP contribution is -2.38. The molecule has 2 fully saturated rings. The van der Waals surface area contributed by atoms with E-state index in [1.54, 1.807) is 0 Å². The SMILES string of the molecule is O=C(NC[C@H]1CC[C@H](CN2CCC(c3ccccc3)CC2)CC1)C1=Cc2cnc3cccc(n23)S1. The van der Waals surface area contributed by atoms with E-state index in [2.05, 4.69) is 56.0 Å². The first kappa shape index (κ1) is 22.9. The summed E-state index contributed by atoms with van der Waals surface area (Å²) in [4.78, 5) is 20.8. The third kappa shape index (κ3) is 5.05. The topological polar surface area (TPSA) is 49.6 Å². The number of hydrogen-bond acceptors (Lipinski definition) is 4. The van der Waals surface area contributed by atoms with Gasteiger partial charge in [-0.3, -0.25) is 9.20 Å². The van der Waals surface area contributed by atoms with Crippen LogP contribution in [-0.4, -0.2) is 46.4 Å². The summed E-state index contributed by atoms with van der Waals surface area (Å²) in [5.41, 5.74) is 3.42. The largest absolute Gasteiger partial charge is 0.351 e. The molecule has 182 valence electrons. The number of thioether (sulfide) groups is 1. The van der Waals surface area contributed by atoms with Crippen LogP contribution in [0.25, 0.3) is 11.7 Å². The van der Waals surface area contributed by atoms with Crippen molar-refractivity contribution in [3.05, 3.63) is 70.9 Å². The number of benzene rings is 1. The fraction of sp³-hybridized carbons (Fsp3) is 0.448. The van der Waals surface area contributed by atoms with Crippen molar-refractivity contribution in [2.75, 3.05) is 26.2 Å². The van der Waals surface area contributed by atoms with Gasteiger partial charge in [0.25, 0.3) is 5.91 Å². The van der Waals surface area contributed by atoms with Gasteiger partial charge in [-0.2, -0.15) is 0 Å². The molecule has 0 bridgehead atoms. The van der Waals surface area contributed by atoms with Gasteiger partial charge in [0.2, 0.25) is 0 Å². The van der Waals surface area contributed by atoms with E-state index in [0.29, 0.717) is 5.92 Å². The van der Waals surface area contributed by atoms with E-state index < -0.39 is 0 Å². The second-order valence-electron chi connectivity index (χ2n) is 10.4. The fourth-order valence-corrected chi connectivity index (χ4v) is 7.09. The Labute approximate surface area is 212 Å². The summed E-state index contributed by atoms with van der Waals surface area (Å²) < 4.78 is 2.10. The molecule has 1 saturated carbocycles. The quantitative estimate of drug-likeness (QED) is 0.494. The average molecular weight is 487 g/mol. The van der Waals surface area contributed by atoms with Crippen molar-refractivity contribution in [1.82, 2.24) is 19.6 Å². The van der Waals surface area contributed by atoms with Gasteiger partial charge in [0.15, 0.2) is 0 Å². The van der Waals surface area contributed by atoms with Crippen LogP contribution in [0.1, 0.15) is 55.7 Å². The number of hydrogen-bond donors (Lipinski definition) is 1. The molecule has 1 amide bonds. The predicted octanol–water partition coefficient (Wildman–Crippen LogP) is 5.58. The molecule has 1 aliphatic carbocycles. The molecule has 2 aromatic heterocycles. The maximum atomic E-state index is 12.9. The third-order valence-corrected chi connectivity index (χ3v) is 9.18. The molecule has 0 spiro atoms. The van der Waals surface area contributed by atoms with Crippen LogP contribution >= 0.6 is 11.8 Å². The van der Waals surface area contributed by atoms with Crippen molar-refractivity contribution in [3.63, 3.8) is 0 Å². The monoisotopic (exact) mass is 486 g/mol. The highest BCUT2D eigenvalue weighted by atomic mass is 32.2. The zero-order chi connectivity index (χ0) is 23.6. The Kier molecular flexibility index (Phi) is 6.66. The van der Waals surface area contributed by atoms with Gasteiger partial charge >= 0.3 is 0 Å². The van der Waals surface area contributed by atoms with Crippen molar-refractivity contribution < 1.29 is 4.79 Å². The summed E-state index contributed by atoms with van der Waals surface area (Å²) in [6.45, 7) is 4.50. The summed E-state index contributed by atoms with van der Waals surface area (Å²) in [6, 6.07) is 17.1. The number of aromatic nitrogens is 2. The third-order valence-electron chi connectivity index (χ3n) is 8.13. The molecule has 1 N–H and O–H groups in total. The van der Waals surface area contributed by atoms with Gasteiger partial charge in [-0.05, 0) is 93.1 Å². The molecule has 3 aromatic rings. The Morgan fingerprint density at radius 1 is 0.943 bits per heavy atom. The molecule has 1 saturated heterocycles. The van der Waals surface area contributed by atoms with Crippen LogP contribution in [0.3, 0.4) is 0 Å². The molecule has 1 aromatic carbocycles. The summed E-state index contributed by atoms with van der Waals surface area (Å²) in [5.74, 6) is 2.19. The number of nitrogens with one attached hydrogen (secondary N) is 1. The molecular formula is C29H34N4OS. The average Bonchev–Trinajstić information content (AvgIpc) is 3.33. The summed E-state index contributed by atoms with van der Waals surface area (Å²) in [7, 11) is 0. The Morgan fingerprint density at radius 2 is 1.71 bits per heavy atom. The molecule has 3 aliphatic rings. The maximum Gasteiger partial charge on any atom is 0.258 e. The van der Waals surface area contributed by atoms with Crippen LogP contribution in [0.4, 0.5) is 0 Å². The van der Waals surface area contributed by atoms with Crippen LogP contribution < -0.4 is 5.32 Å². The van der Waals surface area contributed by atoms with Crippen LogP contribution in [-0.2, 0) is 4.79 Å². The number of pyridine rings is 1. The zero-order valence-electron chi connectivity index (χ0n) is 20.2. The first-order chi connectivity index (χ1) is 17.2. The summed E-state index contributed by atoms with van der Waals surface area (Å²) in [5, 5.41) is 4.28. The Morgan fingerprint density at radius 3 is 2.51 bits per heavy atom.